The molecule has 1 rings (SSSR count). The highest BCUT2D eigenvalue weighted by atomic mass is 15.3. The monoisotopic (exact) mass is 253 g/mol. The van der Waals surface area contributed by atoms with Crippen LogP contribution in [0, 0.1) is 12.8 Å². The summed E-state index contributed by atoms with van der Waals surface area (Å²) in [6.07, 6.45) is 1.11. The minimum atomic E-state index is 0.386. The van der Waals surface area contributed by atoms with Crippen LogP contribution in [0.15, 0.2) is 0 Å². The number of nitrogens with one attached hydrogen (secondary N) is 1. The van der Waals surface area contributed by atoms with Gasteiger partial charge >= 0.3 is 0 Å². The lowest BCUT2D eigenvalue weighted by Gasteiger charge is -2.25. The Morgan fingerprint density at radius 2 is 2.00 bits per heavy atom. The van der Waals surface area contributed by atoms with Crippen LogP contribution in [-0.2, 0) is 7.05 Å². The molecule has 0 saturated heterocycles. The maximum absolute atomic E-state index is 6.05. The van der Waals surface area contributed by atoms with E-state index in [0.717, 1.165) is 30.2 Å². The van der Waals surface area contributed by atoms with Gasteiger partial charge in [0.25, 0.3) is 0 Å². The summed E-state index contributed by atoms with van der Waals surface area (Å²) >= 11 is 0. The number of likely N-dealkylation sites (N-methyl/N-ethyl adjacent to an activating group) is 1. The topological polar surface area (TPSA) is 59.1 Å². The highest BCUT2D eigenvalue weighted by Gasteiger charge is 2.17. The highest BCUT2D eigenvalue weighted by Crippen LogP contribution is 2.23. The standard InChI is InChI=1S/C13H27N5/c1-9(2)7-11(8-17(4)5)15-13-12(14)10(3)16-18(13)6/h9,11,15H,7-8,14H2,1-6H3. The van der Waals surface area contributed by atoms with Crippen molar-refractivity contribution in [3.05, 3.63) is 5.69 Å². The fourth-order valence-corrected chi connectivity index (χ4v) is 2.23. The molecule has 0 bridgehead atoms. The quantitative estimate of drug-likeness (QED) is 0.810. The molecular formula is C13H27N5. The van der Waals surface area contributed by atoms with Gasteiger partial charge < -0.3 is 16.0 Å². The molecule has 0 radical (unpaired) electrons. The first-order chi connectivity index (χ1) is 8.31. The van der Waals surface area contributed by atoms with Crippen LogP contribution >= 0.6 is 0 Å². The zero-order chi connectivity index (χ0) is 13.9. The smallest absolute Gasteiger partial charge is 0.148 e. The van der Waals surface area contributed by atoms with Gasteiger partial charge in [-0.15, -0.1) is 0 Å². The molecule has 5 nitrogen and oxygen atoms in total. The number of anilines is 2. The number of aromatic nitrogens is 2. The Morgan fingerprint density at radius 1 is 1.39 bits per heavy atom. The van der Waals surface area contributed by atoms with Crippen LogP contribution < -0.4 is 11.1 Å². The van der Waals surface area contributed by atoms with Crippen LogP contribution in [0.25, 0.3) is 0 Å². The van der Waals surface area contributed by atoms with Gasteiger partial charge in [-0.1, -0.05) is 13.8 Å². The Kier molecular flexibility index (Phi) is 5.02. The van der Waals surface area contributed by atoms with Crippen LogP contribution in [0.4, 0.5) is 11.5 Å². The van der Waals surface area contributed by atoms with E-state index < -0.39 is 0 Å². The second-order valence-corrected chi connectivity index (χ2v) is 5.70. The van der Waals surface area contributed by atoms with Crippen LogP contribution in [-0.4, -0.2) is 41.4 Å². The Morgan fingerprint density at radius 3 is 2.39 bits per heavy atom. The number of nitrogen functional groups attached to an aromatic ring is 1. The molecule has 1 heterocycles. The van der Waals surface area contributed by atoms with E-state index in [1.807, 2.05) is 18.7 Å². The van der Waals surface area contributed by atoms with Gasteiger partial charge in [-0.25, -0.2) is 0 Å². The van der Waals surface area contributed by atoms with E-state index in [2.05, 4.69) is 43.3 Å². The summed E-state index contributed by atoms with van der Waals surface area (Å²) in [4.78, 5) is 2.19. The lowest BCUT2D eigenvalue weighted by Crippen LogP contribution is -2.34. The normalized spacial score (nSPS) is 13.3. The summed E-state index contributed by atoms with van der Waals surface area (Å²) < 4.78 is 1.83. The first kappa shape index (κ1) is 14.8. The fourth-order valence-electron chi connectivity index (χ4n) is 2.23. The van der Waals surface area contributed by atoms with Crippen LogP contribution in [0.2, 0.25) is 0 Å². The molecule has 0 aliphatic rings. The molecule has 0 aliphatic carbocycles. The van der Waals surface area contributed by atoms with Crippen molar-refractivity contribution in [2.24, 2.45) is 13.0 Å². The van der Waals surface area contributed by atoms with Gasteiger partial charge in [0.2, 0.25) is 0 Å². The summed E-state index contributed by atoms with van der Waals surface area (Å²) in [6.45, 7) is 7.40. The minimum Gasteiger partial charge on any atom is -0.394 e. The Balaban J connectivity index is 2.81. The Bertz CT molecular complexity index is 371. The summed E-state index contributed by atoms with van der Waals surface area (Å²) in [5, 5.41) is 7.87. The Hall–Kier alpha value is -1.23. The van der Waals surface area contributed by atoms with Gasteiger partial charge in [-0.2, -0.15) is 5.10 Å². The van der Waals surface area contributed by atoms with E-state index in [4.69, 9.17) is 5.73 Å². The van der Waals surface area contributed by atoms with Gasteiger partial charge in [-0.3, -0.25) is 4.68 Å². The third-order valence-electron chi connectivity index (χ3n) is 2.95. The molecule has 1 unspecified atom stereocenters. The maximum atomic E-state index is 6.05. The van der Waals surface area contributed by atoms with Gasteiger partial charge in [0.1, 0.15) is 5.82 Å². The number of nitrogens with two attached hydrogens (primary N) is 1. The van der Waals surface area contributed by atoms with E-state index in [9.17, 15) is 0 Å². The molecule has 5 heteroatoms. The number of hydrogen-bond donors (Lipinski definition) is 2. The molecule has 104 valence electrons. The van der Waals surface area contributed by atoms with Crippen molar-refractivity contribution in [3.8, 4) is 0 Å². The number of nitrogens with zero attached hydrogens (tertiary/aromatic N) is 3. The van der Waals surface area contributed by atoms with Crippen LogP contribution in [0.1, 0.15) is 26.0 Å². The average molecular weight is 253 g/mol. The molecule has 3 N–H and O–H groups in total. The molecule has 1 aromatic rings. The highest BCUT2D eigenvalue weighted by molar-refractivity contribution is 5.64. The first-order valence-electron chi connectivity index (χ1n) is 6.51. The average Bonchev–Trinajstić information content (AvgIpc) is 2.43. The van der Waals surface area contributed by atoms with Crippen molar-refractivity contribution >= 4 is 11.5 Å². The molecule has 0 fully saturated rings. The van der Waals surface area contributed by atoms with Gasteiger partial charge in [0, 0.05) is 19.6 Å². The van der Waals surface area contributed by atoms with Gasteiger partial charge in [-0.05, 0) is 33.4 Å². The molecule has 1 atom stereocenters. The summed E-state index contributed by atoms with van der Waals surface area (Å²) in [7, 11) is 6.10. The molecule has 18 heavy (non-hydrogen) atoms. The minimum absolute atomic E-state index is 0.386. The lowest BCUT2D eigenvalue weighted by atomic mass is 10.0. The molecule has 0 saturated carbocycles. The molecule has 0 amide bonds. The van der Waals surface area contributed by atoms with Crippen LogP contribution in [0.3, 0.4) is 0 Å². The SMILES string of the molecule is Cc1nn(C)c(NC(CC(C)C)CN(C)C)c1N. The molecule has 0 aliphatic heterocycles. The van der Waals surface area contributed by atoms with Crippen molar-refractivity contribution in [2.45, 2.75) is 33.2 Å². The molecule has 0 aromatic carbocycles. The second kappa shape index (κ2) is 6.09. The van der Waals surface area contributed by atoms with Gasteiger partial charge in [0.05, 0.1) is 11.4 Å². The predicted octanol–water partition coefficient (Wildman–Crippen LogP) is 1.70. The van der Waals surface area contributed by atoms with Crippen molar-refractivity contribution in [1.82, 2.24) is 14.7 Å². The van der Waals surface area contributed by atoms with E-state index in [-0.39, 0.29) is 0 Å². The van der Waals surface area contributed by atoms with E-state index in [1.165, 1.54) is 0 Å². The number of aryl methyl sites for hydroxylation is 2. The summed E-state index contributed by atoms with van der Waals surface area (Å²) in [5.74, 6) is 1.58. The fraction of sp³-hybridized carbons (Fsp3) is 0.769. The predicted molar refractivity (Wildman–Crippen MR) is 77.8 cm³/mol. The summed E-state index contributed by atoms with van der Waals surface area (Å²) in [6, 6.07) is 0.386. The van der Waals surface area contributed by atoms with Crippen molar-refractivity contribution < 1.29 is 0 Å². The third-order valence-corrected chi connectivity index (χ3v) is 2.95. The van der Waals surface area contributed by atoms with Crippen molar-refractivity contribution in [2.75, 3.05) is 31.7 Å². The zero-order valence-electron chi connectivity index (χ0n) is 12.5. The Labute approximate surface area is 110 Å². The largest absolute Gasteiger partial charge is 0.394 e. The lowest BCUT2D eigenvalue weighted by molar-refractivity contribution is 0.355. The molecular weight excluding hydrogens is 226 g/mol. The third kappa shape index (κ3) is 3.91. The van der Waals surface area contributed by atoms with Crippen molar-refractivity contribution in [1.29, 1.82) is 0 Å². The maximum Gasteiger partial charge on any atom is 0.148 e. The first-order valence-corrected chi connectivity index (χ1v) is 6.51. The van der Waals surface area contributed by atoms with E-state index >= 15 is 0 Å². The van der Waals surface area contributed by atoms with Crippen molar-refractivity contribution in [3.63, 3.8) is 0 Å². The number of rotatable bonds is 6. The molecule has 1 aromatic heterocycles. The second-order valence-electron chi connectivity index (χ2n) is 5.70. The number of hydrogen-bond acceptors (Lipinski definition) is 4. The van der Waals surface area contributed by atoms with Gasteiger partial charge in [0.15, 0.2) is 0 Å². The van der Waals surface area contributed by atoms with Crippen LogP contribution in [0.5, 0.6) is 0 Å². The zero-order valence-corrected chi connectivity index (χ0v) is 12.5. The van der Waals surface area contributed by atoms with E-state index in [1.54, 1.807) is 0 Å². The summed E-state index contributed by atoms with van der Waals surface area (Å²) in [5.41, 5.74) is 7.69. The molecule has 0 spiro atoms. The van der Waals surface area contributed by atoms with E-state index in [0.29, 0.717) is 12.0 Å².